The van der Waals surface area contributed by atoms with Crippen LogP contribution >= 0.6 is 0 Å². The van der Waals surface area contributed by atoms with Crippen molar-refractivity contribution in [2.75, 3.05) is 5.73 Å². The van der Waals surface area contributed by atoms with Crippen molar-refractivity contribution in [1.29, 1.82) is 0 Å². The Labute approximate surface area is 120 Å². The molecular formula is C15H25N5. The van der Waals surface area contributed by atoms with Crippen molar-refractivity contribution in [3.63, 3.8) is 0 Å². The molecule has 0 fully saturated rings. The molecule has 2 aromatic heterocycles. The van der Waals surface area contributed by atoms with Crippen LogP contribution in [0.4, 0.5) is 5.82 Å². The molecule has 0 unspecified atom stereocenters. The van der Waals surface area contributed by atoms with Gasteiger partial charge in [-0.05, 0) is 34.6 Å². The lowest BCUT2D eigenvalue weighted by Crippen LogP contribution is -2.25. The largest absolute Gasteiger partial charge is 0.383 e. The highest BCUT2D eigenvalue weighted by molar-refractivity contribution is 5.70. The van der Waals surface area contributed by atoms with Gasteiger partial charge in [-0.15, -0.1) is 0 Å². The molecule has 0 aliphatic carbocycles. The van der Waals surface area contributed by atoms with Crippen molar-refractivity contribution in [3.8, 4) is 11.3 Å². The SMILES string of the molecule is CCc1nc(-c2cnn(C(C)C)c2)c(N)n1C(C)(C)C. The summed E-state index contributed by atoms with van der Waals surface area (Å²) < 4.78 is 4.05. The minimum atomic E-state index is -0.0747. The Bertz CT molecular complexity index is 598. The average Bonchev–Trinajstić information content (AvgIpc) is 2.91. The Hall–Kier alpha value is -1.78. The highest BCUT2D eigenvalue weighted by Crippen LogP contribution is 2.31. The number of aromatic nitrogens is 4. The lowest BCUT2D eigenvalue weighted by molar-refractivity contribution is 0.389. The predicted octanol–water partition coefficient (Wildman–Crippen LogP) is 3.23. The maximum Gasteiger partial charge on any atom is 0.132 e. The number of nitrogens with zero attached hydrogens (tertiary/aromatic N) is 4. The van der Waals surface area contributed by atoms with E-state index in [4.69, 9.17) is 10.7 Å². The lowest BCUT2D eigenvalue weighted by atomic mass is 10.1. The molecule has 0 saturated heterocycles. The smallest absolute Gasteiger partial charge is 0.132 e. The van der Waals surface area contributed by atoms with E-state index in [-0.39, 0.29) is 5.54 Å². The lowest BCUT2D eigenvalue weighted by Gasteiger charge is -2.24. The van der Waals surface area contributed by atoms with Crippen molar-refractivity contribution >= 4 is 5.82 Å². The fourth-order valence-electron chi connectivity index (χ4n) is 2.42. The van der Waals surface area contributed by atoms with E-state index >= 15 is 0 Å². The number of imidazole rings is 1. The van der Waals surface area contributed by atoms with Crippen molar-refractivity contribution < 1.29 is 0 Å². The van der Waals surface area contributed by atoms with Crippen LogP contribution in [0.2, 0.25) is 0 Å². The topological polar surface area (TPSA) is 61.7 Å². The first kappa shape index (κ1) is 14.6. The number of rotatable bonds is 3. The van der Waals surface area contributed by atoms with Gasteiger partial charge in [0.15, 0.2) is 0 Å². The molecule has 20 heavy (non-hydrogen) atoms. The normalized spacial score (nSPS) is 12.3. The first-order valence-electron chi connectivity index (χ1n) is 7.17. The summed E-state index contributed by atoms with van der Waals surface area (Å²) in [6.07, 6.45) is 4.71. The van der Waals surface area contributed by atoms with E-state index in [9.17, 15) is 0 Å². The fourth-order valence-corrected chi connectivity index (χ4v) is 2.42. The number of anilines is 1. The van der Waals surface area contributed by atoms with Crippen LogP contribution in [0.15, 0.2) is 12.4 Å². The maximum atomic E-state index is 6.35. The van der Waals surface area contributed by atoms with Gasteiger partial charge in [0.25, 0.3) is 0 Å². The number of hydrogen-bond acceptors (Lipinski definition) is 3. The molecule has 0 atom stereocenters. The van der Waals surface area contributed by atoms with Gasteiger partial charge in [0.05, 0.1) is 6.20 Å². The molecule has 2 N–H and O–H groups in total. The summed E-state index contributed by atoms with van der Waals surface area (Å²) in [7, 11) is 0. The summed E-state index contributed by atoms with van der Waals surface area (Å²) in [5, 5.41) is 4.37. The van der Waals surface area contributed by atoms with Crippen LogP contribution in [0.3, 0.4) is 0 Å². The molecule has 2 heterocycles. The second-order valence-corrected chi connectivity index (χ2v) is 6.42. The minimum absolute atomic E-state index is 0.0747. The molecule has 0 amide bonds. The van der Waals surface area contributed by atoms with Crippen LogP contribution in [0.25, 0.3) is 11.3 Å². The Morgan fingerprint density at radius 3 is 2.35 bits per heavy atom. The second-order valence-electron chi connectivity index (χ2n) is 6.42. The summed E-state index contributed by atoms with van der Waals surface area (Å²) >= 11 is 0. The third-order valence-electron chi connectivity index (χ3n) is 3.37. The number of nitrogens with two attached hydrogens (primary N) is 1. The van der Waals surface area contributed by atoms with Crippen LogP contribution in [-0.2, 0) is 12.0 Å². The van der Waals surface area contributed by atoms with Crippen LogP contribution in [0.1, 0.15) is 53.4 Å². The summed E-state index contributed by atoms with van der Waals surface area (Å²) in [6.45, 7) is 12.7. The van der Waals surface area contributed by atoms with Gasteiger partial charge in [-0.3, -0.25) is 4.68 Å². The van der Waals surface area contributed by atoms with Gasteiger partial charge in [-0.1, -0.05) is 6.92 Å². The zero-order valence-electron chi connectivity index (χ0n) is 13.3. The Balaban J connectivity index is 2.55. The molecule has 110 valence electrons. The van der Waals surface area contributed by atoms with E-state index in [1.807, 2.05) is 17.1 Å². The van der Waals surface area contributed by atoms with Crippen LogP contribution < -0.4 is 5.73 Å². The summed E-state index contributed by atoms with van der Waals surface area (Å²) in [6, 6.07) is 0.334. The first-order valence-corrected chi connectivity index (χ1v) is 7.17. The molecule has 0 bridgehead atoms. The molecule has 0 radical (unpaired) electrons. The van der Waals surface area contributed by atoms with E-state index in [1.54, 1.807) is 0 Å². The quantitative estimate of drug-likeness (QED) is 0.935. The van der Waals surface area contributed by atoms with Crippen molar-refractivity contribution in [2.24, 2.45) is 0 Å². The van der Waals surface area contributed by atoms with Crippen LogP contribution in [0, 0.1) is 0 Å². The van der Waals surface area contributed by atoms with Crippen molar-refractivity contribution in [2.45, 2.75) is 59.5 Å². The second kappa shape index (κ2) is 4.96. The maximum absolute atomic E-state index is 6.35. The summed E-state index contributed by atoms with van der Waals surface area (Å²) in [5.41, 5.74) is 8.09. The molecule has 0 aliphatic rings. The van der Waals surface area contributed by atoms with E-state index in [1.165, 1.54) is 0 Å². The highest BCUT2D eigenvalue weighted by atomic mass is 15.3. The van der Waals surface area contributed by atoms with Gasteiger partial charge in [-0.25, -0.2) is 4.98 Å². The van der Waals surface area contributed by atoms with Gasteiger partial charge in [0, 0.05) is 29.8 Å². The van der Waals surface area contributed by atoms with Gasteiger partial charge >= 0.3 is 0 Å². The highest BCUT2D eigenvalue weighted by Gasteiger charge is 2.24. The fraction of sp³-hybridized carbons (Fsp3) is 0.600. The van der Waals surface area contributed by atoms with Gasteiger partial charge in [-0.2, -0.15) is 5.10 Å². The van der Waals surface area contributed by atoms with Crippen LogP contribution in [0.5, 0.6) is 0 Å². The molecular weight excluding hydrogens is 250 g/mol. The van der Waals surface area contributed by atoms with E-state index in [0.29, 0.717) is 6.04 Å². The van der Waals surface area contributed by atoms with Crippen molar-refractivity contribution in [1.82, 2.24) is 19.3 Å². The molecule has 5 heteroatoms. The Kier molecular flexibility index (Phi) is 3.63. The standard InChI is InChI=1S/C15H25N5/c1-7-12-18-13(14(16)20(12)15(4,5)6)11-8-17-19(9-11)10(2)3/h8-10H,7,16H2,1-6H3. The Morgan fingerprint density at radius 2 is 1.95 bits per heavy atom. The van der Waals surface area contributed by atoms with Gasteiger partial charge in [0.2, 0.25) is 0 Å². The molecule has 2 aromatic rings. The molecule has 0 spiro atoms. The molecule has 2 rings (SSSR count). The van der Waals surface area contributed by atoms with Crippen LogP contribution in [-0.4, -0.2) is 19.3 Å². The number of nitrogen functional groups attached to an aromatic ring is 1. The van der Waals surface area contributed by atoms with Gasteiger partial charge < -0.3 is 10.3 Å². The number of aryl methyl sites for hydroxylation is 1. The zero-order chi connectivity index (χ0) is 15.1. The van der Waals surface area contributed by atoms with Gasteiger partial charge in [0.1, 0.15) is 17.3 Å². The monoisotopic (exact) mass is 275 g/mol. The summed E-state index contributed by atoms with van der Waals surface area (Å²) in [4.78, 5) is 4.72. The summed E-state index contributed by atoms with van der Waals surface area (Å²) in [5.74, 6) is 1.74. The number of hydrogen-bond donors (Lipinski definition) is 1. The van der Waals surface area contributed by atoms with Crippen molar-refractivity contribution in [3.05, 3.63) is 18.2 Å². The predicted molar refractivity (Wildman–Crippen MR) is 82.6 cm³/mol. The third kappa shape index (κ3) is 2.44. The third-order valence-corrected chi connectivity index (χ3v) is 3.37. The van der Waals surface area contributed by atoms with E-state index < -0.39 is 0 Å². The molecule has 0 aliphatic heterocycles. The Morgan fingerprint density at radius 1 is 1.30 bits per heavy atom. The minimum Gasteiger partial charge on any atom is -0.383 e. The average molecular weight is 275 g/mol. The first-order chi connectivity index (χ1) is 9.25. The van der Waals surface area contributed by atoms with E-state index in [0.717, 1.165) is 29.3 Å². The molecule has 0 aromatic carbocycles. The zero-order valence-corrected chi connectivity index (χ0v) is 13.3. The molecule has 5 nitrogen and oxygen atoms in total. The van der Waals surface area contributed by atoms with E-state index in [2.05, 4.69) is 51.2 Å². The molecule has 0 saturated carbocycles.